The number of hydrogen-bond acceptors (Lipinski definition) is 5. The van der Waals surface area contributed by atoms with E-state index in [1.807, 2.05) is 6.92 Å². The van der Waals surface area contributed by atoms with Crippen LogP contribution in [-0.4, -0.2) is 27.4 Å². The molecular weight excluding hydrogens is 261 g/mol. The number of rotatable bonds is 5. The van der Waals surface area contributed by atoms with Gasteiger partial charge in [-0.25, -0.2) is 14.4 Å². The zero-order valence-corrected chi connectivity index (χ0v) is 10.9. The van der Waals surface area contributed by atoms with E-state index in [1.54, 1.807) is 0 Å². The third-order valence-corrected chi connectivity index (χ3v) is 2.48. The Hall–Kier alpha value is -2.57. The molecular formula is C13H14FN5O. The number of carbonyl (C=O) groups excluding carboxylic acids is 1. The molecule has 0 aliphatic rings. The monoisotopic (exact) mass is 275 g/mol. The minimum Gasteiger partial charge on any atom is -0.368 e. The van der Waals surface area contributed by atoms with Crippen LogP contribution >= 0.6 is 0 Å². The highest BCUT2D eigenvalue weighted by atomic mass is 19.1. The van der Waals surface area contributed by atoms with Crippen molar-refractivity contribution in [1.29, 1.82) is 0 Å². The molecule has 7 heteroatoms. The highest BCUT2D eigenvalue weighted by molar-refractivity contribution is 6.04. The highest BCUT2D eigenvalue weighted by Gasteiger charge is 2.16. The van der Waals surface area contributed by atoms with Crippen LogP contribution in [0.3, 0.4) is 0 Å². The molecule has 0 aromatic carbocycles. The van der Waals surface area contributed by atoms with Gasteiger partial charge in [-0.3, -0.25) is 9.78 Å². The number of pyridine rings is 1. The van der Waals surface area contributed by atoms with Crippen molar-refractivity contribution >= 4 is 17.5 Å². The Balaban J connectivity index is 2.17. The molecule has 0 saturated heterocycles. The Kier molecular flexibility index (Phi) is 4.54. The molecule has 2 N–H and O–H groups in total. The van der Waals surface area contributed by atoms with Crippen LogP contribution in [0.15, 0.2) is 30.9 Å². The van der Waals surface area contributed by atoms with Crippen molar-refractivity contribution < 1.29 is 9.18 Å². The second-order valence-electron chi connectivity index (χ2n) is 3.99. The van der Waals surface area contributed by atoms with Crippen molar-refractivity contribution in [2.75, 3.05) is 17.2 Å². The summed E-state index contributed by atoms with van der Waals surface area (Å²) in [6.45, 7) is 2.54. The lowest BCUT2D eigenvalue weighted by Gasteiger charge is -2.09. The topological polar surface area (TPSA) is 79.8 Å². The molecule has 6 nitrogen and oxygen atoms in total. The molecule has 2 aromatic heterocycles. The Bertz CT molecular complexity index is 591. The van der Waals surface area contributed by atoms with Gasteiger partial charge in [0.1, 0.15) is 0 Å². The van der Waals surface area contributed by atoms with Crippen molar-refractivity contribution in [3.63, 3.8) is 0 Å². The van der Waals surface area contributed by atoms with Gasteiger partial charge in [-0.2, -0.15) is 0 Å². The first kappa shape index (κ1) is 13.9. The molecule has 0 bridgehead atoms. The van der Waals surface area contributed by atoms with Gasteiger partial charge in [0.05, 0.1) is 11.8 Å². The van der Waals surface area contributed by atoms with E-state index in [1.165, 1.54) is 30.9 Å². The lowest BCUT2D eigenvalue weighted by molar-refractivity contribution is 0.102. The first-order chi connectivity index (χ1) is 9.72. The highest BCUT2D eigenvalue weighted by Crippen LogP contribution is 2.16. The number of amides is 1. The van der Waals surface area contributed by atoms with Crippen molar-refractivity contribution in [3.8, 4) is 0 Å². The van der Waals surface area contributed by atoms with Crippen molar-refractivity contribution in [2.45, 2.75) is 13.3 Å². The van der Waals surface area contributed by atoms with E-state index in [2.05, 4.69) is 25.6 Å². The quantitative estimate of drug-likeness (QED) is 0.873. The largest absolute Gasteiger partial charge is 0.368 e. The van der Waals surface area contributed by atoms with Gasteiger partial charge in [0, 0.05) is 25.1 Å². The normalized spacial score (nSPS) is 10.1. The average Bonchev–Trinajstić information content (AvgIpc) is 2.47. The molecule has 0 unspecified atom stereocenters. The number of aromatic nitrogens is 3. The summed E-state index contributed by atoms with van der Waals surface area (Å²) in [7, 11) is 0. The minimum atomic E-state index is -0.678. The Labute approximate surface area is 115 Å². The fourth-order valence-corrected chi connectivity index (χ4v) is 1.53. The molecule has 20 heavy (non-hydrogen) atoms. The standard InChI is InChI=1S/C13H14FN5O/c1-2-4-17-12-11(14)9(3-5-18-12)13(20)19-10-8-15-6-7-16-10/h3,5-8H,2,4H2,1H3,(H,17,18)(H,16,19,20). The number of anilines is 2. The zero-order chi connectivity index (χ0) is 14.4. The predicted octanol–water partition coefficient (Wildman–Crippen LogP) is 2.08. The molecule has 0 atom stereocenters. The number of nitrogens with one attached hydrogen (secondary N) is 2. The van der Waals surface area contributed by atoms with Gasteiger partial charge >= 0.3 is 0 Å². The van der Waals surface area contributed by atoms with E-state index in [0.717, 1.165) is 6.42 Å². The molecule has 2 heterocycles. The third kappa shape index (κ3) is 3.25. The fraction of sp³-hybridized carbons (Fsp3) is 0.231. The maximum atomic E-state index is 14.1. The molecule has 0 aliphatic carbocycles. The van der Waals surface area contributed by atoms with Gasteiger partial charge in [0.2, 0.25) is 0 Å². The summed E-state index contributed by atoms with van der Waals surface area (Å²) in [5, 5.41) is 5.30. The first-order valence-electron chi connectivity index (χ1n) is 6.18. The Morgan fingerprint density at radius 2 is 2.15 bits per heavy atom. The molecule has 0 spiro atoms. The summed E-state index contributed by atoms with van der Waals surface area (Å²) in [6.07, 6.45) is 6.51. The summed E-state index contributed by atoms with van der Waals surface area (Å²) in [5.41, 5.74) is -0.0933. The predicted molar refractivity (Wildman–Crippen MR) is 73.0 cm³/mol. The molecule has 0 radical (unpaired) electrons. The molecule has 2 rings (SSSR count). The van der Waals surface area contributed by atoms with Crippen LogP contribution in [0, 0.1) is 5.82 Å². The summed E-state index contributed by atoms with van der Waals surface area (Å²) < 4.78 is 14.1. The van der Waals surface area contributed by atoms with Crippen molar-refractivity contribution in [3.05, 3.63) is 42.2 Å². The second-order valence-corrected chi connectivity index (χ2v) is 3.99. The van der Waals surface area contributed by atoms with E-state index in [9.17, 15) is 9.18 Å². The summed E-state index contributed by atoms with van der Waals surface area (Å²) in [5.74, 6) is -0.942. The second kappa shape index (κ2) is 6.55. The van der Waals surface area contributed by atoms with E-state index >= 15 is 0 Å². The minimum absolute atomic E-state index is 0.0682. The van der Waals surface area contributed by atoms with Crippen LogP contribution in [0.2, 0.25) is 0 Å². The summed E-state index contributed by atoms with van der Waals surface area (Å²) in [6, 6.07) is 1.32. The van der Waals surface area contributed by atoms with E-state index in [4.69, 9.17) is 0 Å². The number of halogens is 1. The van der Waals surface area contributed by atoms with Gasteiger partial charge < -0.3 is 10.6 Å². The van der Waals surface area contributed by atoms with Gasteiger partial charge in [-0.05, 0) is 12.5 Å². The Morgan fingerprint density at radius 1 is 1.30 bits per heavy atom. The number of hydrogen-bond donors (Lipinski definition) is 2. The van der Waals surface area contributed by atoms with Crippen LogP contribution in [0.5, 0.6) is 0 Å². The molecule has 0 aliphatic heterocycles. The molecule has 1 amide bonds. The molecule has 2 aromatic rings. The van der Waals surface area contributed by atoms with Gasteiger partial charge in [-0.15, -0.1) is 0 Å². The number of carbonyl (C=O) groups is 1. The van der Waals surface area contributed by atoms with E-state index in [0.29, 0.717) is 6.54 Å². The van der Waals surface area contributed by atoms with Gasteiger partial charge in [0.15, 0.2) is 17.5 Å². The van der Waals surface area contributed by atoms with Crippen LogP contribution in [0.1, 0.15) is 23.7 Å². The lowest BCUT2D eigenvalue weighted by atomic mass is 10.2. The van der Waals surface area contributed by atoms with Crippen LogP contribution in [0.4, 0.5) is 16.0 Å². The Morgan fingerprint density at radius 3 is 2.85 bits per heavy atom. The molecule has 0 fully saturated rings. The maximum Gasteiger partial charge on any atom is 0.260 e. The smallest absolute Gasteiger partial charge is 0.260 e. The van der Waals surface area contributed by atoms with E-state index < -0.39 is 11.7 Å². The van der Waals surface area contributed by atoms with Crippen LogP contribution < -0.4 is 10.6 Å². The fourth-order valence-electron chi connectivity index (χ4n) is 1.53. The first-order valence-corrected chi connectivity index (χ1v) is 6.18. The third-order valence-electron chi connectivity index (χ3n) is 2.48. The maximum absolute atomic E-state index is 14.1. The summed E-state index contributed by atoms with van der Waals surface area (Å²) >= 11 is 0. The lowest BCUT2D eigenvalue weighted by Crippen LogP contribution is -2.16. The average molecular weight is 275 g/mol. The van der Waals surface area contributed by atoms with Crippen molar-refractivity contribution in [1.82, 2.24) is 15.0 Å². The van der Waals surface area contributed by atoms with E-state index in [-0.39, 0.29) is 17.2 Å². The van der Waals surface area contributed by atoms with Gasteiger partial charge in [0.25, 0.3) is 5.91 Å². The van der Waals surface area contributed by atoms with Crippen molar-refractivity contribution in [2.24, 2.45) is 0 Å². The number of nitrogens with zero attached hydrogens (tertiary/aromatic N) is 3. The van der Waals surface area contributed by atoms with Crippen LogP contribution in [-0.2, 0) is 0 Å². The summed E-state index contributed by atoms with van der Waals surface area (Å²) in [4.78, 5) is 23.6. The SMILES string of the molecule is CCCNc1nccc(C(=O)Nc2cnccn2)c1F. The van der Waals surface area contributed by atoms with Gasteiger partial charge in [-0.1, -0.05) is 6.92 Å². The van der Waals surface area contributed by atoms with Crippen LogP contribution in [0.25, 0.3) is 0 Å². The zero-order valence-electron chi connectivity index (χ0n) is 10.9. The molecule has 104 valence electrons. The molecule has 0 saturated carbocycles.